The third-order valence-electron chi connectivity index (χ3n) is 2.03. The van der Waals surface area contributed by atoms with Crippen LogP contribution in [0.2, 0.25) is 0 Å². The fourth-order valence-corrected chi connectivity index (χ4v) is 1.02. The Labute approximate surface area is 110 Å². The Bertz CT molecular complexity index is 287. The van der Waals surface area contributed by atoms with Gasteiger partial charge in [0.2, 0.25) is 0 Å². The van der Waals surface area contributed by atoms with Crippen LogP contribution in [0.25, 0.3) is 0 Å². The Morgan fingerprint density at radius 2 is 1.84 bits per heavy atom. The monoisotopic (exact) mass is 280 g/mol. The zero-order valence-corrected chi connectivity index (χ0v) is 10.8. The molecule has 19 heavy (non-hydrogen) atoms. The van der Waals surface area contributed by atoms with E-state index >= 15 is 0 Å². The summed E-state index contributed by atoms with van der Waals surface area (Å²) in [6.45, 7) is 3.70. The molecule has 0 aliphatic rings. The summed E-state index contributed by atoms with van der Waals surface area (Å²) in [6, 6.07) is 0. The van der Waals surface area contributed by atoms with Crippen molar-refractivity contribution in [2.75, 3.05) is 13.2 Å². The lowest BCUT2D eigenvalue weighted by Gasteiger charge is -2.23. The zero-order valence-electron chi connectivity index (χ0n) is 10.8. The van der Waals surface area contributed by atoms with Gasteiger partial charge in [0.25, 0.3) is 5.91 Å². The fraction of sp³-hybridized carbons (Fsp3) is 0.800. The fourth-order valence-electron chi connectivity index (χ4n) is 1.02. The molecule has 0 radical (unpaired) electrons. The van der Waals surface area contributed by atoms with Gasteiger partial charge in [0.05, 0.1) is 12.8 Å². The van der Waals surface area contributed by atoms with Crippen LogP contribution in [0.1, 0.15) is 13.8 Å². The molecule has 4 atom stereocenters. The summed E-state index contributed by atoms with van der Waals surface area (Å²) in [5.74, 6) is -1.04. The lowest BCUT2D eigenvalue weighted by atomic mass is 10.0. The molecule has 0 bridgehead atoms. The Morgan fingerprint density at radius 1 is 1.21 bits per heavy atom. The van der Waals surface area contributed by atoms with Crippen molar-refractivity contribution in [1.29, 1.82) is 0 Å². The SMILES string of the molecule is CCON=C[C@H](O)[C@@H](O)[C@H](O)[C@H](O)C(=O)NOCC. The van der Waals surface area contributed by atoms with E-state index < -0.39 is 30.3 Å². The number of hydrogen-bond donors (Lipinski definition) is 5. The average Bonchev–Trinajstić information content (AvgIpc) is 2.42. The molecule has 112 valence electrons. The highest BCUT2D eigenvalue weighted by Gasteiger charge is 2.34. The number of carbonyl (C=O) groups is 1. The van der Waals surface area contributed by atoms with E-state index in [9.17, 15) is 25.2 Å². The van der Waals surface area contributed by atoms with Crippen LogP contribution in [0.5, 0.6) is 0 Å². The summed E-state index contributed by atoms with van der Waals surface area (Å²) in [5, 5.41) is 41.1. The van der Waals surface area contributed by atoms with Crippen molar-refractivity contribution in [3.8, 4) is 0 Å². The van der Waals surface area contributed by atoms with Crippen LogP contribution in [-0.4, -0.2) is 70.2 Å². The summed E-state index contributed by atoms with van der Waals surface area (Å²) < 4.78 is 0. The van der Waals surface area contributed by atoms with Crippen LogP contribution in [0.4, 0.5) is 0 Å². The lowest BCUT2D eigenvalue weighted by Crippen LogP contribution is -2.51. The Kier molecular flexibility index (Phi) is 9.00. The Morgan fingerprint density at radius 3 is 2.37 bits per heavy atom. The number of oxime groups is 1. The van der Waals surface area contributed by atoms with Crippen molar-refractivity contribution < 1.29 is 34.9 Å². The number of aliphatic hydroxyl groups is 4. The minimum absolute atomic E-state index is 0.167. The van der Waals surface area contributed by atoms with Gasteiger partial charge >= 0.3 is 0 Å². The molecule has 0 fully saturated rings. The first kappa shape index (κ1) is 17.7. The van der Waals surface area contributed by atoms with Gasteiger partial charge in [-0.1, -0.05) is 5.16 Å². The number of aliphatic hydroxyl groups excluding tert-OH is 4. The molecule has 0 rings (SSSR count). The first-order valence-electron chi connectivity index (χ1n) is 5.75. The number of nitrogens with one attached hydrogen (secondary N) is 1. The number of carbonyl (C=O) groups excluding carboxylic acids is 1. The van der Waals surface area contributed by atoms with Crippen molar-refractivity contribution in [2.24, 2.45) is 5.16 Å². The van der Waals surface area contributed by atoms with Gasteiger partial charge in [-0.3, -0.25) is 9.63 Å². The number of amides is 1. The number of hydrogen-bond acceptors (Lipinski definition) is 8. The van der Waals surface area contributed by atoms with E-state index in [1.807, 2.05) is 5.48 Å². The minimum Gasteiger partial charge on any atom is -0.396 e. The van der Waals surface area contributed by atoms with Crippen LogP contribution in [0, 0.1) is 0 Å². The molecule has 0 saturated heterocycles. The Balaban J connectivity index is 4.36. The maximum absolute atomic E-state index is 11.2. The predicted molar refractivity (Wildman–Crippen MR) is 63.9 cm³/mol. The smallest absolute Gasteiger partial charge is 0.275 e. The second kappa shape index (κ2) is 9.64. The lowest BCUT2D eigenvalue weighted by molar-refractivity contribution is -0.155. The molecular weight excluding hydrogens is 260 g/mol. The van der Waals surface area contributed by atoms with Gasteiger partial charge in [-0.05, 0) is 13.8 Å². The van der Waals surface area contributed by atoms with E-state index in [0.717, 1.165) is 6.21 Å². The van der Waals surface area contributed by atoms with Gasteiger partial charge in [0.15, 0.2) is 6.10 Å². The van der Waals surface area contributed by atoms with Gasteiger partial charge in [0.1, 0.15) is 24.9 Å². The number of rotatable bonds is 9. The van der Waals surface area contributed by atoms with E-state index in [0.29, 0.717) is 0 Å². The van der Waals surface area contributed by atoms with Crippen molar-refractivity contribution in [2.45, 2.75) is 38.3 Å². The van der Waals surface area contributed by atoms with Crippen LogP contribution >= 0.6 is 0 Å². The molecule has 0 unspecified atom stereocenters. The molecule has 0 aliphatic heterocycles. The predicted octanol–water partition coefficient (Wildman–Crippen LogP) is -2.48. The summed E-state index contributed by atoms with van der Waals surface area (Å²) in [6.07, 6.45) is -6.45. The largest absolute Gasteiger partial charge is 0.396 e. The van der Waals surface area contributed by atoms with Gasteiger partial charge in [0, 0.05) is 0 Å². The van der Waals surface area contributed by atoms with Gasteiger partial charge < -0.3 is 25.3 Å². The highest BCUT2D eigenvalue weighted by atomic mass is 16.7. The van der Waals surface area contributed by atoms with Crippen LogP contribution < -0.4 is 5.48 Å². The van der Waals surface area contributed by atoms with Crippen molar-refractivity contribution in [3.05, 3.63) is 0 Å². The van der Waals surface area contributed by atoms with Gasteiger partial charge in [-0.2, -0.15) is 0 Å². The summed E-state index contributed by atoms with van der Waals surface area (Å²) >= 11 is 0. The van der Waals surface area contributed by atoms with Crippen LogP contribution in [0.15, 0.2) is 5.16 Å². The number of hydroxylamine groups is 1. The highest BCUT2D eigenvalue weighted by molar-refractivity contribution is 5.80. The van der Waals surface area contributed by atoms with Crippen molar-refractivity contribution in [1.82, 2.24) is 5.48 Å². The molecule has 0 saturated carbocycles. The van der Waals surface area contributed by atoms with E-state index in [4.69, 9.17) is 0 Å². The first-order valence-corrected chi connectivity index (χ1v) is 5.75. The maximum atomic E-state index is 11.2. The normalized spacial score (nSPS) is 17.8. The molecule has 0 aromatic carbocycles. The van der Waals surface area contributed by atoms with E-state index in [1.54, 1.807) is 13.8 Å². The molecule has 9 nitrogen and oxygen atoms in total. The zero-order chi connectivity index (χ0) is 14.8. The molecule has 0 aromatic heterocycles. The second-order valence-corrected chi connectivity index (χ2v) is 3.49. The first-order chi connectivity index (χ1) is 8.95. The summed E-state index contributed by atoms with van der Waals surface area (Å²) in [7, 11) is 0. The van der Waals surface area contributed by atoms with Crippen molar-refractivity contribution in [3.63, 3.8) is 0 Å². The minimum atomic E-state index is -1.96. The molecule has 1 amide bonds. The molecule has 9 heteroatoms. The third-order valence-corrected chi connectivity index (χ3v) is 2.03. The Hall–Kier alpha value is -1.26. The van der Waals surface area contributed by atoms with Crippen LogP contribution in [-0.2, 0) is 14.5 Å². The van der Waals surface area contributed by atoms with E-state index in [-0.39, 0.29) is 13.2 Å². The quantitative estimate of drug-likeness (QED) is 0.232. The highest BCUT2D eigenvalue weighted by Crippen LogP contribution is 2.04. The standard InChI is InChI=1S/C10H20N2O7/c1-3-18-11-5-6(13)7(14)8(15)9(16)10(17)12-19-4-2/h5-9,13-16H,3-4H2,1-2H3,(H,12,17)/t6-,7+,8-,9-/m0/s1. The molecule has 0 aliphatic carbocycles. The third kappa shape index (κ3) is 6.45. The van der Waals surface area contributed by atoms with Crippen molar-refractivity contribution >= 4 is 12.1 Å². The average molecular weight is 280 g/mol. The molecule has 0 aromatic rings. The van der Waals surface area contributed by atoms with Gasteiger partial charge in [-0.25, -0.2) is 5.48 Å². The van der Waals surface area contributed by atoms with Crippen LogP contribution in [0.3, 0.4) is 0 Å². The molecule has 0 heterocycles. The number of nitrogens with zero attached hydrogens (tertiary/aromatic N) is 1. The molecule has 0 spiro atoms. The summed E-state index contributed by atoms with van der Waals surface area (Å²) in [5.41, 5.74) is 1.86. The summed E-state index contributed by atoms with van der Waals surface area (Å²) in [4.78, 5) is 20.3. The topological polar surface area (TPSA) is 141 Å². The van der Waals surface area contributed by atoms with E-state index in [2.05, 4.69) is 14.8 Å². The molecule has 5 N–H and O–H groups in total. The molecular formula is C10H20N2O7. The van der Waals surface area contributed by atoms with Gasteiger partial charge in [-0.15, -0.1) is 0 Å². The van der Waals surface area contributed by atoms with E-state index in [1.165, 1.54) is 0 Å². The second-order valence-electron chi connectivity index (χ2n) is 3.49. The maximum Gasteiger partial charge on any atom is 0.275 e.